The summed E-state index contributed by atoms with van der Waals surface area (Å²) in [7, 11) is 0. The Morgan fingerprint density at radius 2 is 1.41 bits per heavy atom. The first-order valence-corrected chi connectivity index (χ1v) is 16.6. The Morgan fingerprint density at radius 3 is 1.98 bits per heavy atom. The predicted octanol–water partition coefficient (Wildman–Crippen LogP) is 1.00. The number of hydrogen-bond donors (Lipinski definition) is 6. The molecular weight excluding hydrogens is 582 g/mol. The number of fused-ring (bicyclic) bond motifs is 2. The topological polar surface area (TPSA) is 172 Å². The van der Waals surface area contributed by atoms with Crippen LogP contribution in [0.5, 0.6) is 0 Å². The van der Waals surface area contributed by atoms with Crippen LogP contribution in [0.25, 0.3) is 0 Å². The van der Waals surface area contributed by atoms with Crippen LogP contribution in [0.3, 0.4) is 0 Å². The molecule has 0 saturated carbocycles. The van der Waals surface area contributed by atoms with Crippen molar-refractivity contribution in [2.45, 2.75) is 95.0 Å². The first kappa shape index (κ1) is 35.1. The molecule has 2 bridgehead atoms. The van der Waals surface area contributed by atoms with Crippen molar-refractivity contribution in [3.63, 3.8) is 0 Å². The second-order valence-electron chi connectivity index (χ2n) is 13.1. The number of unbranched alkanes of at least 4 members (excludes halogenated alkanes) is 1. The molecule has 0 spiro atoms. The van der Waals surface area contributed by atoms with Gasteiger partial charge in [-0.05, 0) is 62.1 Å². The van der Waals surface area contributed by atoms with Crippen LogP contribution in [0.1, 0.15) is 57.1 Å². The van der Waals surface area contributed by atoms with Crippen LogP contribution in [0.2, 0.25) is 0 Å². The first-order chi connectivity index (χ1) is 22.1. The van der Waals surface area contributed by atoms with Crippen molar-refractivity contribution >= 4 is 23.6 Å². The normalized spacial score (nSPS) is 19.7. The zero-order valence-electron chi connectivity index (χ0n) is 27.1. The van der Waals surface area contributed by atoms with Gasteiger partial charge in [0.15, 0.2) is 0 Å². The van der Waals surface area contributed by atoms with Crippen molar-refractivity contribution in [3.05, 3.63) is 71.8 Å². The number of amides is 4. The third kappa shape index (κ3) is 10.1. The third-order valence-electron chi connectivity index (χ3n) is 8.79. The zero-order chi connectivity index (χ0) is 33.1. The van der Waals surface area contributed by atoms with Crippen molar-refractivity contribution in [1.29, 1.82) is 0 Å². The number of piperazine rings is 1. The van der Waals surface area contributed by atoms with Crippen molar-refractivity contribution < 1.29 is 19.2 Å². The molecule has 6 unspecified atom stereocenters. The number of nitrogens with two attached hydrogens (primary N) is 2. The lowest BCUT2D eigenvalue weighted by Gasteiger charge is -2.32. The summed E-state index contributed by atoms with van der Waals surface area (Å²) < 4.78 is 0. The maximum atomic E-state index is 13.8. The van der Waals surface area contributed by atoms with Crippen LogP contribution in [0.4, 0.5) is 0 Å². The van der Waals surface area contributed by atoms with E-state index in [4.69, 9.17) is 11.5 Å². The van der Waals surface area contributed by atoms with Gasteiger partial charge < -0.3 is 37.6 Å². The molecule has 11 heteroatoms. The second kappa shape index (κ2) is 17.2. The number of nitrogens with one attached hydrogen (secondary N) is 4. The van der Waals surface area contributed by atoms with Gasteiger partial charge in [-0.25, -0.2) is 0 Å². The van der Waals surface area contributed by atoms with Gasteiger partial charge in [-0.1, -0.05) is 74.5 Å². The van der Waals surface area contributed by atoms with E-state index < -0.39 is 41.9 Å². The molecule has 2 fully saturated rings. The van der Waals surface area contributed by atoms with E-state index in [2.05, 4.69) is 21.3 Å². The van der Waals surface area contributed by atoms with Gasteiger partial charge in [-0.2, -0.15) is 0 Å². The molecule has 2 aliphatic heterocycles. The highest BCUT2D eigenvalue weighted by Crippen LogP contribution is 2.24. The molecule has 0 aromatic heterocycles. The lowest BCUT2D eigenvalue weighted by molar-refractivity contribution is -0.139. The molecule has 2 saturated heterocycles. The Kier molecular flexibility index (Phi) is 13.1. The summed E-state index contributed by atoms with van der Waals surface area (Å²) >= 11 is 0. The van der Waals surface area contributed by atoms with Gasteiger partial charge in [0.05, 0.1) is 6.04 Å². The molecule has 4 rings (SSSR count). The highest BCUT2D eigenvalue weighted by atomic mass is 16.2. The van der Waals surface area contributed by atoms with E-state index in [1.165, 1.54) is 0 Å². The Balaban J connectivity index is 1.47. The van der Waals surface area contributed by atoms with Gasteiger partial charge in [0.2, 0.25) is 23.6 Å². The van der Waals surface area contributed by atoms with Crippen LogP contribution in [-0.2, 0) is 32.0 Å². The standard InChI is InChI=1S/C35H51N7O4/c1-23(2)17-30(33(44)39-29(15-9-10-16-36)35(46)42-22-26-20-27(42)21-38-26)41-34(45)31(19-25-13-7-4-8-14-25)40-32(43)28(37)18-24-11-5-3-6-12-24/h3-8,11-14,23,26-31,38H,9-10,15-22,36-37H2,1-2H3,(H,39,44)(H,40,43)(H,41,45). The Hall–Kier alpha value is -3.80. The molecule has 250 valence electrons. The largest absolute Gasteiger partial charge is 0.343 e. The van der Waals surface area contributed by atoms with Crippen LogP contribution in [0, 0.1) is 5.92 Å². The maximum Gasteiger partial charge on any atom is 0.245 e. The summed E-state index contributed by atoms with van der Waals surface area (Å²) in [6, 6.07) is 15.8. The minimum atomic E-state index is -0.964. The van der Waals surface area contributed by atoms with Crippen LogP contribution in [-0.4, -0.2) is 84.4 Å². The first-order valence-electron chi connectivity index (χ1n) is 16.6. The van der Waals surface area contributed by atoms with Gasteiger partial charge in [0.25, 0.3) is 0 Å². The fraction of sp³-hybridized carbons (Fsp3) is 0.543. The van der Waals surface area contributed by atoms with E-state index >= 15 is 0 Å². The zero-order valence-corrected chi connectivity index (χ0v) is 27.1. The van der Waals surface area contributed by atoms with Crippen molar-refractivity contribution in [1.82, 2.24) is 26.2 Å². The Labute approximate surface area is 272 Å². The molecule has 2 heterocycles. The van der Waals surface area contributed by atoms with Gasteiger partial charge in [0, 0.05) is 31.6 Å². The van der Waals surface area contributed by atoms with E-state index in [0.717, 1.165) is 30.5 Å². The second-order valence-corrected chi connectivity index (χ2v) is 13.1. The van der Waals surface area contributed by atoms with Gasteiger partial charge >= 0.3 is 0 Å². The molecule has 0 radical (unpaired) electrons. The maximum absolute atomic E-state index is 13.8. The van der Waals surface area contributed by atoms with E-state index in [0.29, 0.717) is 44.8 Å². The Bertz CT molecular complexity index is 1290. The molecule has 4 amide bonds. The lowest BCUT2D eigenvalue weighted by Crippen LogP contribution is -2.59. The molecule has 0 aliphatic carbocycles. The number of nitrogens with zero attached hydrogens (tertiary/aromatic N) is 1. The average Bonchev–Trinajstić information content (AvgIpc) is 3.68. The number of carbonyl (C=O) groups is 4. The van der Waals surface area contributed by atoms with Gasteiger partial charge in [0.1, 0.15) is 18.1 Å². The molecule has 6 atom stereocenters. The number of benzene rings is 2. The van der Waals surface area contributed by atoms with Crippen LogP contribution in [0.15, 0.2) is 60.7 Å². The van der Waals surface area contributed by atoms with E-state index in [9.17, 15) is 19.2 Å². The monoisotopic (exact) mass is 633 g/mol. The number of hydrogen-bond acceptors (Lipinski definition) is 7. The van der Waals surface area contributed by atoms with E-state index in [1.54, 1.807) is 0 Å². The Morgan fingerprint density at radius 1 is 0.826 bits per heavy atom. The van der Waals surface area contributed by atoms with Gasteiger partial charge in [-0.3, -0.25) is 19.2 Å². The molecule has 2 aromatic carbocycles. The van der Waals surface area contributed by atoms with Crippen LogP contribution >= 0.6 is 0 Å². The minimum Gasteiger partial charge on any atom is -0.343 e. The van der Waals surface area contributed by atoms with Gasteiger partial charge in [-0.15, -0.1) is 0 Å². The number of rotatable bonds is 17. The molecule has 2 aliphatic rings. The predicted molar refractivity (Wildman–Crippen MR) is 178 cm³/mol. The molecule has 46 heavy (non-hydrogen) atoms. The summed E-state index contributed by atoms with van der Waals surface area (Å²) in [5, 5.41) is 12.1. The summed E-state index contributed by atoms with van der Waals surface area (Å²) in [6.07, 6.45) is 3.73. The number of carbonyl (C=O) groups excluding carboxylic acids is 4. The summed E-state index contributed by atoms with van der Waals surface area (Å²) in [4.78, 5) is 56.4. The minimum absolute atomic E-state index is 0.0734. The molecule has 2 aromatic rings. The molecular formula is C35H51N7O4. The van der Waals surface area contributed by atoms with Crippen molar-refractivity contribution in [2.24, 2.45) is 17.4 Å². The number of likely N-dealkylation sites (tertiary alicyclic amines) is 1. The highest BCUT2D eigenvalue weighted by Gasteiger charge is 2.42. The van der Waals surface area contributed by atoms with Crippen molar-refractivity contribution in [3.8, 4) is 0 Å². The average molecular weight is 634 g/mol. The highest BCUT2D eigenvalue weighted by molar-refractivity contribution is 5.95. The van der Waals surface area contributed by atoms with Crippen molar-refractivity contribution in [2.75, 3.05) is 19.6 Å². The smallest absolute Gasteiger partial charge is 0.245 e. The summed E-state index contributed by atoms with van der Waals surface area (Å²) in [5.41, 5.74) is 13.7. The molecule has 11 nitrogen and oxygen atoms in total. The molecule has 8 N–H and O–H groups in total. The fourth-order valence-electron chi connectivity index (χ4n) is 6.33. The third-order valence-corrected chi connectivity index (χ3v) is 8.79. The lowest BCUT2D eigenvalue weighted by atomic mass is 9.99. The SMILES string of the molecule is CC(C)CC(NC(=O)C(Cc1ccccc1)NC(=O)C(N)Cc1ccccc1)C(=O)NC(CCCCN)C(=O)N1CC2CC1CN2. The quantitative estimate of drug-likeness (QED) is 0.141. The van der Waals surface area contributed by atoms with E-state index in [-0.39, 0.29) is 24.3 Å². The fourth-order valence-corrected chi connectivity index (χ4v) is 6.33. The van der Waals surface area contributed by atoms with E-state index in [1.807, 2.05) is 79.4 Å². The van der Waals surface area contributed by atoms with Crippen LogP contribution < -0.4 is 32.7 Å². The summed E-state index contributed by atoms with van der Waals surface area (Å²) in [6.45, 7) is 5.83. The summed E-state index contributed by atoms with van der Waals surface area (Å²) in [5.74, 6) is -1.37.